The predicted octanol–water partition coefficient (Wildman–Crippen LogP) is 2.58. The lowest BCUT2D eigenvalue weighted by Crippen LogP contribution is -2.52. The highest BCUT2D eigenvalue weighted by Crippen LogP contribution is 2.40. The average molecular weight is 489 g/mol. The number of halogens is 5. The Kier molecular flexibility index (Phi) is 7.56. The van der Waals surface area contributed by atoms with Crippen LogP contribution in [-0.4, -0.2) is 63.7 Å². The van der Waals surface area contributed by atoms with E-state index in [0.717, 1.165) is 12.4 Å². The molecule has 1 saturated heterocycles. The fourth-order valence-corrected chi connectivity index (χ4v) is 3.71. The second kappa shape index (κ2) is 10.1. The molecule has 1 aliphatic rings. The van der Waals surface area contributed by atoms with E-state index in [1.54, 1.807) is 11.8 Å². The van der Waals surface area contributed by atoms with Gasteiger partial charge >= 0.3 is 6.18 Å². The van der Waals surface area contributed by atoms with Gasteiger partial charge in [0.1, 0.15) is 11.6 Å². The average Bonchev–Trinajstić information content (AvgIpc) is 2.75. The van der Waals surface area contributed by atoms with Crippen LogP contribution in [0.25, 0.3) is 0 Å². The van der Waals surface area contributed by atoms with Crippen LogP contribution < -0.4 is 16.2 Å². The molecule has 0 radical (unpaired) electrons. The van der Waals surface area contributed by atoms with Gasteiger partial charge in [-0.25, -0.2) is 13.8 Å². The number of rotatable bonds is 7. The van der Waals surface area contributed by atoms with E-state index in [1.165, 1.54) is 18.2 Å². The Morgan fingerprint density at radius 1 is 1.38 bits per heavy atom. The summed E-state index contributed by atoms with van der Waals surface area (Å²) in [6.07, 6.45) is -2.75. The SMILES string of the molecule is C[C@@H](C(=O)Nc1ccc(O)cn1)N1CCC(F)(F)[C@@H](c2c[nH]c(=O)c(CNCC(F)(F)F)c2)C1. The molecule has 4 N–H and O–H groups in total. The summed E-state index contributed by atoms with van der Waals surface area (Å²) < 4.78 is 66.7. The van der Waals surface area contributed by atoms with Gasteiger partial charge in [0.05, 0.1) is 24.7 Å². The highest BCUT2D eigenvalue weighted by Gasteiger charge is 2.46. The number of carbonyl (C=O) groups excluding carboxylic acids is 1. The number of aromatic amines is 1. The number of carbonyl (C=O) groups is 1. The molecule has 0 saturated carbocycles. The Balaban J connectivity index is 1.73. The quantitative estimate of drug-likeness (QED) is 0.445. The molecule has 1 fully saturated rings. The Morgan fingerprint density at radius 2 is 2.12 bits per heavy atom. The van der Waals surface area contributed by atoms with Crippen molar-refractivity contribution >= 4 is 11.7 Å². The van der Waals surface area contributed by atoms with Gasteiger partial charge in [-0.15, -0.1) is 0 Å². The van der Waals surface area contributed by atoms with Crippen LogP contribution in [0, 0.1) is 0 Å². The lowest BCUT2D eigenvalue weighted by Gasteiger charge is -2.40. The zero-order valence-electron chi connectivity index (χ0n) is 18.1. The van der Waals surface area contributed by atoms with Gasteiger partial charge < -0.3 is 20.7 Å². The summed E-state index contributed by atoms with van der Waals surface area (Å²) in [6.45, 7) is -0.498. The van der Waals surface area contributed by atoms with Gasteiger partial charge in [0, 0.05) is 37.8 Å². The number of nitrogens with zero attached hydrogens (tertiary/aromatic N) is 2. The third-order valence-electron chi connectivity index (χ3n) is 5.63. The molecule has 0 bridgehead atoms. The Hall–Kier alpha value is -3.06. The van der Waals surface area contributed by atoms with Crippen molar-refractivity contribution in [1.82, 2.24) is 20.2 Å². The van der Waals surface area contributed by atoms with Crippen molar-refractivity contribution in [1.29, 1.82) is 0 Å². The first-order valence-corrected chi connectivity index (χ1v) is 10.4. The summed E-state index contributed by atoms with van der Waals surface area (Å²) in [5.41, 5.74) is -0.715. The molecule has 0 aromatic carbocycles. The summed E-state index contributed by atoms with van der Waals surface area (Å²) in [7, 11) is 0. The first-order valence-electron chi connectivity index (χ1n) is 10.4. The third-order valence-corrected chi connectivity index (χ3v) is 5.63. The Morgan fingerprint density at radius 3 is 2.76 bits per heavy atom. The minimum Gasteiger partial charge on any atom is -0.506 e. The van der Waals surface area contributed by atoms with E-state index in [-0.39, 0.29) is 35.8 Å². The number of hydrogen-bond acceptors (Lipinski definition) is 6. The van der Waals surface area contributed by atoms with Crippen LogP contribution in [-0.2, 0) is 11.3 Å². The zero-order chi connectivity index (χ0) is 25.1. The molecule has 3 heterocycles. The normalized spacial score (nSPS) is 19.5. The summed E-state index contributed by atoms with van der Waals surface area (Å²) in [6, 6.07) is 3.10. The van der Waals surface area contributed by atoms with Crippen molar-refractivity contribution < 1.29 is 31.9 Å². The molecule has 1 aliphatic heterocycles. The van der Waals surface area contributed by atoms with E-state index in [4.69, 9.17) is 0 Å². The van der Waals surface area contributed by atoms with Crippen LogP contribution in [0.15, 0.2) is 35.4 Å². The molecule has 13 heteroatoms. The monoisotopic (exact) mass is 489 g/mol. The largest absolute Gasteiger partial charge is 0.506 e. The molecule has 1 amide bonds. The maximum Gasteiger partial charge on any atom is 0.401 e. The first-order chi connectivity index (χ1) is 15.9. The van der Waals surface area contributed by atoms with Crippen molar-refractivity contribution in [2.75, 3.05) is 25.0 Å². The number of aromatic hydroxyl groups is 1. The van der Waals surface area contributed by atoms with Gasteiger partial charge in [-0.1, -0.05) is 0 Å². The highest BCUT2D eigenvalue weighted by molar-refractivity contribution is 5.93. The number of hydrogen-bond donors (Lipinski definition) is 4. The standard InChI is InChI=1S/C21H24F5N5O3/c1-12(18(33)30-17-3-2-15(32)9-28-17)31-5-4-20(22,23)16(10-31)13-6-14(19(34)29-8-13)7-27-11-21(24,25)26/h2-3,6,8-9,12,16,27,32H,4-5,7,10-11H2,1H3,(H,29,34)(H,28,30,33)/t12-,16+/m0/s1. The number of piperidine rings is 1. The van der Waals surface area contributed by atoms with Crippen molar-refractivity contribution in [2.45, 2.75) is 43.9 Å². The van der Waals surface area contributed by atoms with E-state index in [0.29, 0.717) is 0 Å². The Bertz CT molecular complexity index is 1060. The smallest absolute Gasteiger partial charge is 0.401 e. The fourth-order valence-electron chi connectivity index (χ4n) is 3.71. The zero-order valence-corrected chi connectivity index (χ0v) is 18.1. The van der Waals surface area contributed by atoms with Gasteiger partial charge in [-0.3, -0.25) is 14.5 Å². The number of amides is 1. The maximum absolute atomic E-state index is 14.8. The lowest BCUT2D eigenvalue weighted by atomic mass is 9.86. The van der Waals surface area contributed by atoms with Gasteiger partial charge in [0.2, 0.25) is 5.91 Å². The summed E-state index contributed by atoms with van der Waals surface area (Å²) in [4.78, 5) is 32.3. The molecule has 0 spiro atoms. The molecular formula is C21H24F5N5O3. The van der Waals surface area contributed by atoms with Crippen LogP contribution in [0.3, 0.4) is 0 Å². The summed E-state index contributed by atoms with van der Waals surface area (Å²) >= 11 is 0. The minimum atomic E-state index is -4.48. The lowest BCUT2D eigenvalue weighted by molar-refractivity contribution is -0.126. The molecule has 0 aliphatic carbocycles. The van der Waals surface area contributed by atoms with Crippen molar-refractivity contribution in [2.24, 2.45) is 0 Å². The van der Waals surface area contributed by atoms with Crippen LogP contribution in [0.2, 0.25) is 0 Å². The summed E-state index contributed by atoms with van der Waals surface area (Å²) in [5, 5.41) is 13.9. The molecule has 2 aromatic rings. The highest BCUT2D eigenvalue weighted by atomic mass is 19.4. The number of aromatic nitrogens is 2. The van der Waals surface area contributed by atoms with E-state index in [1.807, 2.05) is 0 Å². The van der Waals surface area contributed by atoms with Crippen molar-refractivity contribution in [3.63, 3.8) is 0 Å². The van der Waals surface area contributed by atoms with Crippen molar-refractivity contribution in [3.8, 4) is 5.75 Å². The number of likely N-dealkylation sites (tertiary alicyclic amines) is 1. The topological polar surface area (TPSA) is 110 Å². The van der Waals surface area contributed by atoms with Crippen LogP contribution in [0.1, 0.15) is 30.4 Å². The molecular weight excluding hydrogens is 465 g/mol. The minimum absolute atomic E-state index is 0.0610. The number of H-pyrrole nitrogens is 1. The fraction of sp³-hybridized carbons (Fsp3) is 0.476. The predicted molar refractivity (Wildman–Crippen MR) is 113 cm³/mol. The molecule has 2 aromatic heterocycles. The molecule has 8 nitrogen and oxygen atoms in total. The van der Waals surface area contributed by atoms with Crippen LogP contribution >= 0.6 is 0 Å². The third kappa shape index (κ3) is 6.50. The van der Waals surface area contributed by atoms with Gasteiger partial charge in [0.15, 0.2) is 0 Å². The van der Waals surface area contributed by atoms with Gasteiger partial charge in [-0.05, 0) is 30.7 Å². The molecule has 0 unspecified atom stereocenters. The second-order valence-electron chi connectivity index (χ2n) is 8.13. The Labute approximate surface area is 191 Å². The van der Waals surface area contributed by atoms with Gasteiger partial charge in [0.25, 0.3) is 11.5 Å². The van der Waals surface area contributed by atoms with Crippen molar-refractivity contribution in [3.05, 3.63) is 52.1 Å². The molecule has 3 rings (SSSR count). The van der Waals surface area contributed by atoms with Crippen LogP contribution in [0.4, 0.5) is 27.8 Å². The number of anilines is 1. The maximum atomic E-state index is 14.8. The number of nitrogens with one attached hydrogen (secondary N) is 3. The van der Waals surface area contributed by atoms with Crippen LogP contribution in [0.5, 0.6) is 5.75 Å². The van der Waals surface area contributed by atoms with E-state index in [9.17, 15) is 36.6 Å². The second-order valence-corrected chi connectivity index (χ2v) is 8.13. The first kappa shape index (κ1) is 25.6. The van der Waals surface area contributed by atoms with E-state index in [2.05, 4.69) is 20.6 Å². The van der Waals surface area contributed by atoms with Gasteiger partial charge in [-0.2, -0.15) is 13.2 Å². The number of alkyl halides is 5. The van der Waals surface area contributed by atoms with E-state index < -0.39 is 55.0 Å². The summed E-state index contributed by atoms with van der Waals surface area (Å²) in [5.74, 6) is -4.92. The molecule has 186 valence electrons. The molecule has 34 heavy (non-hydrogen) atoms. The number of pyridine rings is 2. The van der Waals surface area contributed by atoms with E-state index >= 15 is 0 Å². The molecule has 2 atom stereocenters.